The van der Waals surface area contributed by atoms with Crippen molar-refractivity contribution in [3.8, 4) is 0 Å². The van der Waals surface area contributed by atoms with Crippen LogP contribution in [0.15, 0.2) is 29.2 Å². The van der Waals surface area contributed by atoms with Crippen LogP contribution in [0.1, 0.15) is 19.3 Å². The van der Waals surface area contributed by atoms with E-state index in [1.807, 2.05) is 0 Å². The molecule has 0 amide bonds. The summed E-state index contributed by atoms with van der Waals surface area (Å²) in [5.74, 6) is 0. The smallest absolute Gasteiger partial charge is 0.243 e. The molecule has 2 aliphatic heterocycles. The lowest BCUT2D eigenvalue weighted by atomic mass is 10.1. The van der Waals surface area contributed by atoms with Crippen LogP contribution in [0.2, 0.25) is 5.02 Å². The van der Waals surface area contributed by atoms with Gasteiger partial charge in [-0.3, -0.25) is 0 Å². The maximum Gasteiger partial charge on any atom is 0.243 e. The summed E-state index contributed by atoms with van der Waals surface area (Å²) in [7, 11) is -3.44. The fourth-order valence-corrected chi connectivity index (χ4v) is 5.06. The summed E-state index contributed by atoms with van der Waals surface area (Å²) in [5, 5.41) is 0.449. The zero-order chi connectivity index (χ0) is 16.3. The summed E-state index contributed by atoms with van der Waals surface area (Å²) >= 11 is 5.92. The second-order valence-corrected chi connectivity index (χ2v) is 8.68. The minimum atomic E-state index is -3.44. The molecule has 1 atom stereocenters. The van der Waals surface area contributed by atoms with Gasteiger partial charge < -0.3 is 9.64 Å². The van der Waals surface area contributed by atoms with Crippen molar-refractivity contribution in [2.24, 2.45) is 0 Å². The van der Waals surface area contributed by atoms with E-state index >= 15 is 0 Å². The summed E-state index contributed by atoms with van der Waals surface area (Å²) in [6.07, 6.45) is 3.88. The highest BCUT2D eigenvalue weighted by Crippen LogP contribution is 2.19. The zero-order valence-electron chi connectivity index (χ0n) is 13.2. The van der Waals surface area contributed by atoms with Crippen LogP contribution >= 0.6 is 11.6 Å². The Morgan fingerprint density at radius 3 is 2.70 bits per heavy atom. The third-order valence-corrected chi connectivity index (χ3v) is 6.78. The maximum absolute atomic E-state index is 12.7. The van der Waals surface area contributed by atoms with E-state index in [0.717, 1.165) is 39.1 Å². The standard InChI is InChI=1S/C16H23ClN2O3S/c17-14-4-3-6-16(12-14)23(20,21)19-9-7-18(8-10-19)13-15-5-1-2-11-22-15/h3-4,6,12,15H,1-2,5,7-11,13H2/p+1/t15-/m0/s1. The number of piperazine rings is 1. The molecule has 3 rings (SSSR count). The van der Waals surface area contributed by atoms with E-state index in [4.69, 9.17) is 16.3 Å². The van der Waals surface area contributed by atoms with Crippen LogP contribution in [0.5, 0.6) is 0 Å². The quantitative estimate of drug-likeness (QED) is 0.865. The summed E-state index contributed by atoms with van der Waals surface area (Å²) in [5.41, 5.74) is 0. The molecule has 23 heavy (non-hydrogen) atoms. The van der Waals surface area contributed by atoms with Gasteiger partial charge in [-0.05, 0) is 37.5 Å². The van der Waals surface area contributed by atoms with Crippen LogP contribution in [0, 0.1) is 0 Å². The Bertz CT molecular complexity index is 624. The molecule has 2 saturated heterocycles. The Kier molecular flexibility index (Phi) is 5.59. The lowest BCUT2D eigenvalue weighted by Gasteiger charge is -2.34. The first-order valence-electron chi connectivity index (χ1n) is 8.26. The summed E-state index contributed by atoms with van der Waals surface area (Å²) in [6, 6.07) is 6.49. The Morgan fingerprint density at radius 2 is 2.04 bits per heavy atom. The molecule has 0 radical (unpaired) electrons. The average Bonchev–Trinajstić information content (AvgIpc) is 2.56. The molecule has 2 fully saturated rings. The van der Waals surface area contributed by atoms with Gasteiger partial charge in [0.15, 0.2) is 0 Å². The number of nitrogens with zero attached hydrogens (tertiary/aromatic N) is 1. The van der Waals surface area contributed by atoms with E-state index < -0.39 is 10.0 Å². The van der Waals surface area contributed by atoms with Gasteiger partial charge in [0.1, 0.15) is 12.6 Å². The Balaban J connectivity index is 1.57. The molecule has 0 bridgehead atoms. The number of hydrogen-bond acceptors (Lipinski definition) is 3. The first-order chi connectivity index (χ1) is 11.1. The van der Waals surface area contributed by atoms with Crippen molar-refractivity contribution in [3.63, 3.8) is 0 Å². The zero-order valence-corrected chi connectivity index (χ0v) is 14.8. The predicted octanol–water partition coefficient (Wildman–Crippen LogP) is 0.798. The maximum atomic E-state index is 12.7. The number of quaternary nitrogens is 1. The van der Waals surface area contributed by atoms with Crippen molar-refractivity contribution >= 4 is 21.6 Å². The molecule has 0 unspecified atom stereocenters. The van der Waals surface area contributed by atoms with E-state index in [0.29, 0.717) is 24.2 Å². The van der Waals surface area contributed by atoms with Gasteiger partial charge in [-0.25, -0.2) is 8.42 Å². The van der Waals surface area contributed by atoms with Crippen LogP contribution in [0.25, 0.3) is 0 Å². The predicted molar refractivity (Wildman–Crippen MR) is 89.4 cm³/mol. The average molecular weight is 360 g/mol. The number of sulfonamides is 1. The molecule has 0 saturated carbocycles. The van der Waals surface area contributed by atoms with E-state index in [1.165, 1.54) is 17.4 Å². The monoisotopic (exact) mass is 359 g/mol. The molecule has 0 aliphatic carbocycles. The van der Waals surface area contributed by atoms with Gasteiger partial charge >= 0.3 is 0 Å². The molecule has 1 N–H and O–H groups in total. The molecule has 1 aromatic rings. The van der Waals surface area contributed by atoms with E-state index in [-0.39, 0.29) is 4.90 Å². The van der Waals surface area contributed by atoms with Gasteiger partial charge in [-0.15, -0.1) is 0 Å². The van der Waals surface area contributed by atoms with Crippen LogP contribution < -0.4 is 4.90 Å². The van der Waals surface area contributed by atoms with Gasteiger partial charge in [0.25, 0.3) is 0 Å². The summed E-state index contributed by atoms with van der Waals surface area (Å²) < 4.78 is 32.7. The molecule has 1 aromatic carbocycles. The SMILES string of the molecule is O=S(=O)(c1cccc(Cl)c1)N1CC[NH+](C[C@@H]2CCCCO2)CC1. The largest absolute Gasteiger partial charge is 0.372 e. The molecule has 0 aromatic heterocycles. The minimum Gasteiger partial charge on any atom is -0.372 e. The molecule has 7 heteroatoms. The minimum absolute atomic E-state index is 0.282. The van der Waals surface area contributed by atoms with Crippen molar-refractivity contribution in [1.82, 2.24) is 4.31 Å². The van der Waals surface area contributed by atoms with Crippen LogP contribution in [-0.4, -0.2) is 58.2 Å². The summed E-state index contributed by atoms with van der Waals surface area (Å²) in [4.78, 5) is 1.72. The molecule has 2 aliphatic rings. The van der Waals surface area contributed by atoms with Crippen molar-refractivity contribution in [1.29, 1.82) is 0 Å². The molecule has 5 nitrogen and oxygen atoms in total. The van der Waals surface area contributed by atoms with Crippen LogP contribution in [0.3, 0.4) is 0 Å². The van der Waals surface area contributed by atoms with Crippen molar-refractivity contribution < 1.29 is 18.1 Å². The Hall–Kier alpha value is -0.660. The highest BCUT2D eigenvalue weighted by Gasteiger charge is 2.31. The van der Waals surface area contributed by atoms with Crippen molar-refractivity contribution in [2.45, 2.75) is 30.3 Å². The van der Waals surface area contributed by atoms with Crippen LogP contribution in [-0.2, 0) is 14.8 Å². The number of hydrogen-bond donors (Lipinski definition) is 1. The highest BCUT2D eigenvalue weighted by molar-refractivity contribution is 7.89. The lowest BCUT2D eigenvalue weighted by Crippen LogP contribution is -3.15. The molecular weight excluding hydrogens is 336 g/mol. The van der Waals surface area contributed by atoms with Crippen LogP contribution in [0.4, 0.5) is 0 Å². The number of rotatable bonds is 4. The molecule has 0 spiro atoms. The van der Waals surface area contributed by atoms with E-state index in [9.17, 15) is 8.42 Å². The third kappa shape index (κ3) is 4.25. The van der Waals surface area contributed by atoms with Gasteiger partial charge in [-0.2, -0.15) is 4.31 Å². The first kappa shape index (κ1) is 17.2. The number of benzene rings is 1. The first-order valence-corrected chi connectivity index (χ1v) is 10.1. The van der Waals surface area contributed by atoms with Gasteiger partial charge in [0.2, 0.25) is 10.0 Å². The number of ether oxygens (including phenoxy) is 1. The fourth-order valence-electron chi connectivity index (χ4n) is 3.31. The van der Waals surface area contributed by atoms with Crippen molar-refractivity contribution in [3.05, 3.63) is 29.3 Å². The Morgan fingerprint density at radius 1 is 1.26 bits per heavy atom. The van der Waals surface area contributed by atoms with Crippen molar-refractivity contribution in [2.75, 3.05) is 39.3 Å². The second kappa shape index (κ2) is 7.49. The third-order valence-electron chi connectivity index (χ3n) is 4.65. The number of halogens is 1. The summed E-state index contributed by atoms with van der Waals surface area (Å²) in [6.45, 7) is 4.63. The fraction of sp³-hybridized carbons (Fsp3) is 0.625. The van der Waals surface area contributed by atoms with E-state index in [1.54, 1.807) is 22.5 Å². The van der Waals surface area contributed by atoms with E-state index in [2.05, 4.69) is 0 Å². The molecule has 128 valence electrons. The topological polar surface area (TPSA) is 51.0 Å². The van der Waals surface area contributed by atoms with Gasteiger partial charge in [0, 0.05) is 11.6 Å². The lowest BCUT2D eigenvalue weighted by molar-refractivity contribution is -0.907. The molecule has 2 heterocycles. The van der Waals surface area contributed by atoms with Gasteiger partial charge in [-0.1, -0.05) is 17.7 Å². The number of nitrogens with one attached hydrogen (secondary N) is 1. The second-order valence-electron chi connectivity index (χ2n) is 6.30. The van der Waals surface area contributed by atoms with Gasteiger partial charge in [0.05, 0.1) is 31.1 Å². The molecular formula is C16H24ClN2O3S+. The Labute approximate surface area is 143 Å². The normalized spacial score (nSPS) is 24.7. The highest BCUT2D eigenvalue weighted by atomic mass is 35.5.